The highest BCUT2D eigenvalue weighted by molar-refractivity contribution is 7.92. The third-order valence-electron chi connectivity index (χ3n) is 6.66. The fourth-order valence-corrected chi connectivity index (χ4v) is 5.63. The molecule has 0 unspecified atom stereocenters. The largest absolute Gasteiger partial charge is 0.352 e. The second kappa shape index (κ2) is 12.7. The Morgan fingerprint density at radius 3 is 2.10 bits per heavy atom. The molecule has 0 aromatic heterocycles. The molecule has 0 spiro atoms. The average molecular weight is 570 g/mol. The Morgan fingerprint density at radius 2 is 1.51 bits per heavy atom. The van der Waals surface area contributed by atoms with Crippen LogP contribution in [-0.2, 0) is 26.2 Å². The minimum atomic E-state index is -4.15. The van der Waals surface area contributed by atoms with Gasteiger partial charge in [-0.3, -0.25) is 13.9 Å². The van der Waals surface area contributed by atoms with Crippen LogP contribution in [0.15, 0.2) is 71.6 Å². The summed E-state index contributed by atoms with van der Waals surface area (Å²) in [5, 5.41) is 3.26. The van der Waals surface area contributed by atoms with Gasteiger partial charge in [-0.15, -0.1) is 0 Å². The molecular weight excluding hydrogens is 534 g/mol. The van der Waals surface area contributed by atoms with Gasteiger partial charge in [0.2, 0.25) is 11.8 Å². The van der Waals surface area contributed by atoms with Crippen LogP contribution in [0.2, 0.25) is 5.02 Å². The molecule has 3 aromatic rings. The SMILES string of the molecule is Cc1ccc(N(CC(=O)N(Cc2ccccc2C)[C@@H](C)C(=O)NC(C)C)S(=O)(=O)c2ccc(Cl)cc2)cc1C. The van der Waals surface area contributed by atoms with Gasteiger partial charge in [0.05, 0.1) is 10.6 Å². The van der Waals surface area contributed by atoms with Crippen LogP contribution in [0.4, 0.5) is 5.69 Å². The number of carbonyl (C=O) groups is 2. The number of carbonyl (C=O) groups excluding carboxylic acids is 2. The number of hydrogen-bond donors (Lipinski definition) is 1. The van der Waals surface area contributed by atoms with Crippen molar-refractivity contribution < 1.29 is 18.0 Å². The predicted molar refractivity (Wildman–Crippen MR) is 156 cm³/mol. The number of aryl methyl sites for hydroxylation is 3. The first kappa shape index (κ1) is 30.2. The molecule has 0 saturated heterocycles. The van der Waals surface area contributed by atoms with Crippen molar-refractivity contribution in [2.75, 3.05) is 10.8 Å². The van der Waals surface area contributed by atoms with Crippen molar-refractivity contribution in [2.24, 2.45) is 0 Å². The van der Waals surface area contributed by atoms with Crippen molar-refractivity contribution in [3.63, 3.8) is 0 Å². The molecule has 208 valence electrons. The Hall–Kier alpha value is -3.36. The highest BCUT2D eigenvalue weighted by Crippen LogP contribution is 2.27. The highest BCUT2D eigenvalue weighted by atomic mass is 35.5. The monoisotopic (exact) mass is 569 g/mol. The van der Waals surface area contributed by atoms with Gasteiger partial charge in [-0.25, -0.2) is 8.42 Å². The van der Waals surface area contributed by atoms with E-state index >= 15 is 0 Å². The van der Waals surface area contributed by atoms with E-state index in [2.05, 4.69) is 5.32 Å². The van der Waals surface area contributed by atoms with Gasteiger partial charge in [-0.2, -0.15) is 0 Å². The molecular formula is C30H36ClN3O4S. The lowest BCUT2D eigenvalue weighted by molar-refractivity contribution is -0.139. The van der Waals surface area contributed by atoms with Gasteiger partial charge in [-0.1, -0.05) is 41.9 Å². The van der Waals surface area contributed by atoms with E-state index in [9.17, 15) is 18.0 Å². The topological polar surface area (TPSA) is 86.8 Å². The first-order valence-corrected chi connectivity index (χ1v) is 14.6. The molecule has 0 saturated carbocycles. The molecule has 0 aliphatic heterocycles. The number of benzene rings is 3. The van der Waals surface area contributed by atoms with Crippen LogP contribution in [0.25, 0.3) is 0 Å². The first-order valence-electron chi connectivity index (χ1n) is 12.8. The number of hydrogen-bond acceptors (Lipinski definition) is 4. The highest BCUT2D eigenvalue weighted by Gasteiger charge is 2.33. The molecule has 1 atom stereocenters. The first-order chi connectivity index (χ1) is 18.3. The van der Waals surface area contributed by atoms with Gasteiger partial charge >= 0.3 is 0 Å². The predicted octanol–water partition coefficient (Wildman–Crippen LogP) is 5.40. The van der Waals surface area contributed by atoms with Gasteiger partial charge in [0.25, 0.3) is 10.0 Å². The van der Waals surface area contributed by atoms with Crippen LogP contribution >= 0.6 is 11.6 Å². The Morgan fingerprint density at radius 1 is 0.872 bits per heavy atom. The van der Waals surface area contributed by atoms with Crippen LogP contribution in [0.5, 0.6) is 0 Å². The number of sulfonamides is 1. The van der Waals surface area contributed by atoms with E-state index in [1.54, 1.807) is 19.1 Å². The Labute approximate surface area is 236 Å². The summed E-state index contributed by atoms with van der Waals surface area (Å²) in [6.07, 6.45) is 0. The van der Waals surface area contributed by atoms with Gasteiger partial charge in [-0.05, 0) is 100 Å². The van der Waals surface area contributed by atoms with Crippen LogP contribution in [0, 0.1) is 20.8 Å². The van der Waals surface area contributed by atoms with Crippen molar-refractivity contribution in [1.29, 1.82) is 0 Å². The molecule has 0 fully saturated rings. The minimum Gasteiger partial charge on any atom is -0.352 e. The average Bonchev–Trinajstić information content (AvgIpc) is 2.87. The van der Waals surface area contributed by atoms with Crippen LogP contribution in [0.1, 0.15) is 43.0 Å². The summed E-state index contributed by atoms with van der Waals surface area (Å²) in [7, 11) is -4.15. The zero-order valence-corrected chi connectivity index (χ0v) is 24.8. The Kier molecular flexibility index (Phi) is 9.80. The smallest absolute Gasteiger partial charge is 0.264 e. The van der Waals surface area contributed by atoms with Crippen molar-refractivity contribution in [3.8, 4) is 0 Å². The maximum Gasteiger partial charge on any atom is 0.264 e. The molecule has 0 aliphatic rings. The molecule has 0 aliphatic carbocycles. The molecule has 7 nitrogen and oxygen atoms in total. The van der Waals surface area contributed by atoms with E-state index in [4.69, 9.17) is 11.6 Å². The standard InChI is InChI=1S/C30H36ClN3O4S/c1-20(2)32-30(36)24(6)33(18-25-10-8-7-9-22(25)4)29(35)19-34(27-14-11-21(3)23(5)17-27)39(37,38)28-15-12-26(31)13-16-28/h7-17,20,24H,18-19H2,1-6H3,(H,32,36)/t24-/m0/s1. The van der Waals surface area contributed by atoms with Gasteiger partial charge < -0.3 is 10.2 Å². The Balaban J connectivity index is 2.07. The van der Waals surface area contributed by atoms with E-state index < -0.39 is 28.5 Å². The minimum absolute atomic E-state index is 0.00832. The summed E-state index contributed by atoms with van der Waals surface area (Å²) < 4.78 is 28.9. The summed E-state index contributed by atoms with van der Waals surface area (Å²) >= 11 is 6.01. The number of nitrogens with zero attached hydrogens (tertiary/aromatic N) is 2. The molecule has 3 aromatic carbocycles. The molecule has 9 heteroatoms. The van der Waals surface area contributed by atoms with Crippen molar-refractivity contribution >= 4 is 39.1 Å². The van der Waals surface area contributed by atoms with E-state index in [-0.39, 0.29) is 23.4 Å². The molecule has 0 radical (unpaired) electrons. The molecule has 39 heavy (non-hydrogen) atoms. The van der Waals surface area contributed by atoms with Crippen LogP contribution in [-0.4, -0.2) is 43.8 Å². The van der Waals surface area contributed by atoms with Crippen molar-refractivity contribution in [1.82, 2.24) is 10.2 Å². The summed E-state index contributed by atoms with van der Waals surface area (Å²) in [6.45, 7) is 10.8. The lowest BCUT2D eigenvalue weighted by Gasteiger charge is -2.32. The van der Waals surface area contributed by atoms with Gasteiger partial charge in [0, 0.05) is 17.6 Å². The summed E-state index contributed by atoms with van der Waals surface area (Å²) in [6, 6.07) is 17.7. The number of halogens is 1. The van der Waals surface area contributed by atoms with Crippen molar-refractivity contribution in [3.05, 3.63) is 94.0 Å². The zero-order valence-electron chi connectivity index (χ0n) is 23.2. The number of nitrogens with one attached hydrogen (secondary N) is 1. The lowest BCUT2D eigenvalue weighted by atomic mass is 10.1. The fourth-order valence-electron chi connectivity index (χ4n) is 4.10. The summed E-state index contributed by atoms with van der Waals surface area (Å²) in [5.41, 5.74) is 4.07. The fraction of sp³-hybridized carbons (Fsp3) is 0.333. The number of amides is 2. The summed E-state index contributed by atoms with van der Waals surface area (Å²) in [4.78, 5) is 28.4. The lowest BCUT2D eigenvalue weighted by Crippen LogP contribution is -2.52. The molecule has 0 bridgehead atoms. The van der Waals surface area contributed by atoms with Crippen LogP contribution < -0.4 is 9.62 Å². The Bertz CT molecular complexity index is 1440. The normalized spacial score (nSPS) is 12.2. The van der Waals surface area contributed by atoms with E-state index in [0.29, 0.717) is 10.7 Å². The summed E-state index contributed by atoms with van der Waals surface area (Å²) in [5.74, 6) is -0.814. The van der Waals surface area contributed by atoms with E-state index in [1.807, 2.05) is 65.0 Å². The number of anilines is 1. The van der Waals surface area contributed by atoms with Crippen LogP contribution in [0.3, 0.4) is 0 Å². The molecule has 3 rings (SSSR count). The third-order valence-corrected chi connectivity index (χ3v) is 8.70. The maximum atomic E-state index is 14.0. The third kappa shape index (κ3) is 7.40. The zero-order chi connectivity index (χ0) is 28.9. The second-order valence-electron chi connectivity index (χ2n) is 10.0. The van der Waals surface area contributed by atoms with Gasteiger partial charge in [0.1, 0.15) is 12.6 Å². The number of rotatable bonds is 10. The van der Waals surface area contributed by atoms with Crippen molar-refractivity contribution in [2.45, 2.75) is 65.1 Å². The molecule has 0 heterocycles. The second-order valence-corrected chi connectivity index (χ2v) is 12.3. The van der Waals surface area contributed by atoms with Gasteiger partial charge in [0.15, 0.2) is 0 Å². The van der Waals surface area contributed by atoms with E-state index in [0.717, 1.165) is 26.6 Å². The van der Waals surface area contributed by atoms with E-state index in [1.165, 1.54) is 29.2 Å². The molecule has 1 N–H and O–H groups in total. The maximum absolute atomic E-state index is 14.0. The molecule has 2 amide bonds. The quantitative estimate of drug-likeness (QED) is 0.354.